The number of hydrogen-bond acceptors (Lipinski definition) is 6. The van der Waals surface area contributed by atoms with Gasteiger partial charge >= 0.3 is 5.97 Å². The molecule has 0 fully saturated rings. The lowest BCUT2D eigenvalue weighted by Crippen LogP contribution is -2.38. The van der Waals surface area contributed by atoms with Gasteiger partial charge < -0.3 is 21.1 Å². The quantitative estimate of drug-likeness (QED) is 0.703. The molecule has 0 saturated heterocycles. The van der Waals surface area contributed by atoms with Gasteiger partial charge in [-0.2, -0.15) is 0 Å². The van der Waals surface area contributed by atoms with Gasteiger partial charge in [0.25, 0.3) is 0 Å². The Hall–Kier alpha value is -1.67. The molecule has 0 aliphatic carbocycles. The fourth-order valence-electron chi connectivity index (χ4n) is 1.36. The standard InChI is InChI=1S/C11H18N4O3S/c1-4-15(3)9(16)6(2)13-11-14-7(5-19-11)8(12)10(17)18/h5-6,8H,4,12H2,1-3H3,(H,13,14)(H,17,18). The number of nitrogens with zero attached hydrogens (tertiary/aromatic N) is 2. The molecule has 0 aliphatic heterocycles. The second-order valence-corrected chi connectivity index (χ2v) is 4.97. The number of anilines is 1. The van der Waals surface area contributed by atoms with Crippen LogP contribution in [0, 0.1) is 0 Å². The summed E-state index contributed by atoms with van der Waals surface area (Å²) in [4.78, 5) is 28.2. The lowest BCUT2D eigenvalue weighted by molar-refractivity contribution is -0.138. The van der Waals surface area contributed by atoms with Crippen LogP contribution in [0.2, 0.25) is 0 Å². The van der Waals surface area contributed by atoms with Crippen LogP contribution in [0.3, 0.4) is 0 Å². The normalized spacial score (nSPS) is 13.7. The number of rotatable bonds is 6. The molecule has 1 rings (SSSR count). The number of likely N-dealkylation sites (N-methyl/N-ethyl adjacent to an activating group) is 1. The van der Waals surface area contributed by atoms with Crippen LogP contribution >= 0.6 is 11.3 Å². The molecule has 1 aromatic rings. The first kappa shape index (κ1) is 15.4. The zero-order valence-corrected chi connectivity index (χ0v) is 11.9. The zero-order valence-electron chi connectivity index (χ0n) is 11.1. The van der Waals surface area contributed by atoms with E-state index < -0.39 is 18.1 Å². The average molecular weight is 286 g/mol. The Labute approximate surface area is 115 Å². The Morgan fingerprint density at radius 2 is 2.26 bits per heavy atom. The van der Waals surface area contributed by atoms with Crippen molar-refractivity contribution in [3.63, 3.8) is 0 Å². The molecule has 19 heavy (non-hydrogen) atoms. The molecule has 7 nitrogen and oxygen atoms in total. The van der Waals surface area contributed by atoms with Gasteiger partial charge in [-0.25, -0.2) is 4.98 Å². The fourth-order valence-corrected chi connectivity index (χ4v) is 2.19. The first-order valence-corrected chi connectivity index (χ1v) is 6.70. The highest BCUT2D eigenvalue weighted by atomic mass is 32.1. The summed E-state index contributed by atoms with van der Waals surface area (Å²) in [6, 6.07) is -1.57. The Bertz CT molecular complexity index is 463. The molecular weight excluding hydrogens is 268 g/mol. The molecule has 0 spiro atoms. The first-order valence-electron chi connectivity index (χ1n) is 5.82. The van der Waals surface area contributed by atoms with Gasteiger partial charge in [-0.15, -0.1) is 11.3 Å². The predicted octanol–water partition coefficient (Wildman–Crippen LogP) is 0.506. The summed E-state index contributed by atoms with van der Waals surface area (Å²) >= 11 is 1.22. The SMILES string of the molecule is CCN(C)C(=O)C(C)Nc1nc(C(N)C(=O)O)cs1. The van der Waals surface area contributed by atoms with Crippen molar-refractivity contribution in [1.29, 1.82) is 0 Å². The molecule has 1 aromatic heterocycles. The summed E-state index contributed by atoms with van der Waals surface area (Å²) in [7, 11) is 1.72. The minimum absolute atomic E-state index is 0.0539. The minimum atomic E-state index is -1.14. The van der Waals surface area contributed by atoms with Crippen LogP contribution in [0.25, 0.3) is 0 Å². The van der Waals surface area contributed by atoms with Crippen LogP contribution < -0.4 is 11.1 Å². The lowest BCUT2D eigenvalue weighted by atomic mass is 10.2. The van der Waals surface area contributed by atoms with Crippen LogP contribution in [0.5, 0.6) is 0 Å². The molecular formula is C11H18N4O3S. The van der Waals surface area contributed by atoms with Crippen LogP contribution in [-0.4, -0.2) is 46.5 Å². The Morgan fingerprint density at radius 1 is 1.63 bits per heavy atom. The summed E-state index contributed by atoms with van der Waals surface area (Å²) in [6.07, 6.45) is 0. The van der Waals surface area contributed by atoms with Gasteiger partial charge in [0, 0.05) is 19.0 Å². The number of amides is 1. The van der Waals surface area contributed by atoms with Crippen LogP contribution in [0.1, 0.15) is 25.6 Å². The van der Waals surface area contributed by atoms with E-state index in [-0.39, 0.29) is 11.6 Å². The summed E-state index contributed by atoms with van der Waals surface area (Å²) in [5.74, 6) is -1.19. The maximum absolute atomic E-state index is 11.8. The Balaban J connectivity index is 2.68. The van der Waals surface area contributed by atoms with E-state index in [4.69, 9.17) is 10.8 Å². The van der Waals surface area contributed by atoms with Gasteiger partial charge in [-0.1, -0.05) is 0 Å². The number of carbonyl (C=O) groups excluding carboxylic acids is 1. The topological polar surface area (TPSA) is 109 Å². The van der Waals surface area contributed by atoms with Crippen molar-refractivity contribution < 1.29 is 14.7 Å². The molecule has 0 bridgehead atoms. The van der Waals surface area contributed by atoms with E-state index in [9.17, 15) is 9.59 Å². The molecule has 2 unspecified atom stereocenters. The molecule has 4 N–H and O–H groups in total. The largest absolute Gasteiger partial charge is 0.480 e. The summed E-state index contributed by atoms with van der Waals surface area (Å²) < 4.78 is 0. The van der Waals surface area contributed by atoms with E-state index in [1.165, 1.54) is 11.3 Å². The number of nitrogens with one attached hydrogen (secondary N) is 1. The van der Waals surface area contributed by atoms with E-state index in [0.717, 1.165) is 0 Å². The summed E-state index contributed by atoms with van der Waals surface area (Å²) in [6.45, 7) is 4.24. The Kier molecular flexibility index (Phi) is 5.25. The van der Waals surface area contributed by atoms with Crippen LogP contribution in [0.15, 0.2) is 5.38 Å². The van der Waals surface area contributed by atoms with Crippen molar-refractivity contribution in [2.24, 2.45) is 5.73 Å². The minimum Gasteiger partial charge on any atom is -0.480 e. The number of aromatic nitrogens is 1. The van der Waals surface area contributed by atoms with Crippen molar-refractivity contribution in [2.45, 2.75) is 25.9 Å². The van der Waals surface area contributed by atoms with Crippen molar-refractivity contribution in [3.8, 4) is 0 Å². The zero-order chi connectivity index (χ0) is 14.6. The monoisotopic (exact) mass is 286 g/mol. The molecule has 1 amide bonds. The van der Waals surface area contributed by atoms with Crippen molar-refractivity contribution in [1.82, 2.24) is 9.88 Å². The van der Waals surface area contributed by atoms with E-state index in [1.54, 1.807) is 24.3 Å². The third-order valence-corrected chi connectivity index (χ3v) is 3.46. The number of aliphatic carboxylic acids is 1. The predicted molar refractivity (Wildman–Crippen MR) is 73.1 cm³/mol. The van der Waals surface area contributed by atoms with E-state index in [0.29, 0.717) is 11.7 Å². The number of hydrogen-bond donors (Lipinski definition) is 3. The van der Waals surface area contributed by atoms with Crippen molar-refractivity contribution in [3.05, 3.63) is 11.1 Å². The number of thiazole rings is 1. The van der Waals surface area contributed by atoms with Crippen molar-refractivity contribution in [2.75, 3.05) is 18.9 Å². The highest BCUT2D eigenvalue weighted by molar-refractivity contribution is 7.13. The molecule has 106 valence electrons. The van der Waals surface area contributed by atoms with Crippen molar-refractivity contribution >= 4 is 28.3 Å². The second-order valence-electron chi connectivity index (χ2n) is 4.11. The maximum atomic E-state index is 11.8. The third-order valence-electron chi connectivity index (χ3n) is 2.67. The molecule has 1 heterocycles. The van der Waals surface area contributed by atoms with Gasteiger partial charge in [0.05, 0.1) is 5.69 Å². The Morgan fingerprint density at radius 3 is 2.79 bits per heavy atom. The van der Waals surface area contributed by atoms with Crippen LogP contribution in [0.4, 0.5) is 5.13 Å². The van der Waals surface area contributed by atoms with Gasteiger partial charge in [-0.05, 0) is 13.8 Å². The number of nitrogens with two attached hydrogens (primary N) is 1. The van der Waals surface area contributed by atoms with Crippen LogP contribution in [-0.2, 0) is 9.59 Å². The fraction of sp³-hybridized carbons (Fsp3) is 0.545. The van der Waals surface area contributed by atoms with Gasteiger partial charge in [0.15, 0.2) is 5.13 Å². The molecule has 2 atom stereocenters. The van der Waals surface area contributed by atoms with Gasteiger partial charge in [0.2, 0.25) is 5.91 Å². The third kappa shape index (κ3) is 3.90. The summed E-state index contributed by atoms with van der Waals surface area (Å²) in [5.41, 5.74) is 5.73. The molecule has 0 saturated carbocycles. The molecule has 0 radical (unpaired) electrons. The highest BCUT2D eigenvalue weighted by Gasteiger charge is 2.20. The average Bonchev–Trinajstić information content (AvgIpc) is 2.83. The smallest absolute Gasteiger partial charge is 0.326 e. The van der Waals surface area contributed by atoms with E-state index in [2.05, 4.69) is 10.3 Å². The van der Waals surface area contributed by atoms with Gasteiger partial charge in [0.1, 0.15) is 12.1 Å². The number of carbonyl (C=O) groups is 2. The maximum Gasteiger partial charge on any atom is 0.326 e. The molecule has 8 heteroatoms. The first-order chi connectivity index (χ1) is 8.86. The van der Waals surface area contributed by atoms with E-state index >= 15 is 0 Å². The van der Waals surface area contributed by atoms with E-state index in [1.807, 2.05) is 6.92 Å². The molecule has 0 aromatic carbocycles. The second kappa shape index (κ2) is 6.48. The lowest BCUT2D eigenvalue weighted by Gasteiger charge is -2.20. The highest BCUT2D eigenvalue weighted by Crippen LogP contribution is 2.20. The summed E-state index contributed by atoms with van der Waals surface area (Å²) in [5, 5.41) is 13.8. The number of carboxylic acids is 1. The number of carboxylic acid groups (broad SMARTS) is 1. The molecule has 0 aliphatic rings. The van der Waals surface area contributed by atoms with Gasteiger partial charge in [-0.3, -0.25) is 9.59 Å².